The molecule has 0 spiro atoms. The van der Waals surface area contributed by atoms with Crippen LogP contribution in [0.25, 0.3) is 0 Å². The first-order chi connectivity index (χ1) is 32.2. The summed E-state index contributed by atoms with van der Waals surface area (Å²) in [5, 5.41) is 76.1. The summed E-state index contributed by atoms with van der Waals surface area (Å²) in [5.74, 6) is 0.357. The van der Waals surface area contributed by atoms with Gasteiger partial charge in [-0.3, -0.25) is 4.79 Å². The van der Waals surface area contributed by atoms with Gasteiger partial charge in [-0.05, 0) is 113 Å². The van der Waals surface area contributed by atoms with Crippen molar-refractivity contribution in [2.75, 3.05) is 13.2 Å². The van der Waals surface area contributed by atoms with Crippen molar-refractivity contribution in [2.24, 2.45) is 34.5 Å². The van der Waals surface area contributed by atoms with Crippen LogP contribution in [0.1, 0.15) is 119 Å². The molecule has 19 heteroatoms. The van der Waals surface area contributed by atoms with E-state index >= 15 is 0 Å². The van der Waals surface area contributed by atoms with Crippen molar-refractivity contribution in [1.82, 2.24) is 0 Å². The average molecular weight is 969 g/mol. The van der Waals surface area contributed by atoms with Gasteiger partial charge in [0.15, 0.2) is 25.2 Å². The molecule has 0 radical (unpaired) electrons. The number of cyclic esters (lactones) is 1. The molecular weight excluding hydrogens is 893 g/mol. The van der Waals surface area contributed by atoms with Gasteiger partial charge in [-0.2, -0.15) is 0 Å². The number of esters is 2. The van der Waals surface area contributed by atoms with E-state index in [0.717, 1.165) is 63.4 Å². The van der Waals surface area contributed by atoms with Crippen LogP contribution in [0.2, 0.25) is 0 Å². The highest BCUT2D eigenvalue weighted by molar-refractivity contribution is 5.85. The maximum absolute atomic E-state index is 12.6. The third-order valence-electron chi connectivity index (χ3n) is 18.3. The van der Waals surface area contributed by atoms with E-state index in [4.69, 9.17) is 47.4 Å². The van der Waals surface area contributed by atoms with Crippen molar-refractivity contribution in [1.29, 1.82) is 0 Å². The lowest BCUT2D eigenvalue weighted by atomic mass is 9.43. The molecule has 5 aliphatic heterocycles. The zero-order chi connectivity index (χ0) is 48.6. The molecular formula is C49H76O19. The average Bonchev–Trinajstić information content (AvgIpc) is 3.83. The van der Waals surface area contributed by atoms with Crippen LogP contribution in [-0.4, -0.2) is 177 Å². The SMILES string of the molecule is CC(=O)O[C@H]1CC(OC2[C@@H](O)CC(OC3[C@@H](O)C[C@H](O[C@H]4CC[C@]5(C)C6CC[C@]7(C)[C@@H](C8=CC(=O)OC8)CC[C@]7(O)[C@@H]6CC[C@H]5C4)O[C@@H]3C)O[C@@H]2C)O[C@H](C)C1OC1O[C@H](CO)[C@@H](O)[C@H](O)C1O. The van der Waals surface area contributed by atoms with Crippen LogP contribution in [0.15, 0.2) is 11.6 Å². The molecule has 0 aromatic heterocycles. The van der Waals surface area contributed by atoms with Crippen LogP contribution in [-0.2, 0) is 57.0 Å². The van der Waals surface area contributed by atoms with Gasteiger partial charge < -0.3 is 83.1 Å². The predicted octanol–water partition coefficient (Wildman–Crippen LogP) is 1.64. The van der Waals surface area contributed by atoms with Gasteiger partial charge in [-0.25, -0.2) is 4.79 Å². The molecule has 4 aliphatic carbocycles. The molecule has 68 heavy (non-hydrogen) atoms. The Morgan fingerprint density at radius 2 is 1.34 bits per heavy atom. The zero-order valence-electron chi connectivity index (χ0n) is 40.2. The Bertz CT molecular complexity index is 1810. The maximum atomic E-state index is 12.6. The van der Waals surface area contributed by atoms with E-state index in [0.29, 0.717) is 18.4 Å². The second kappa shape index (κ2) is 19.8. The van der Waals surface area contributed by atoms with Crippen molar-refractivity contribution in [3.8, 4) is 0 Å². The quantitative estimate of drug-likeness (QED) is 0.115. The first kappa shape index (κ1) is 51.0. The van der Waals surface area contributed by atoms with Gasteiger partial charge in [0.25, 0.3) is 0 Å². The van der Waals surface area contributed by atoms with Gasteiger partial charge in [0.05, 0.1) is 48.8 Å². The molecule has 0 aromatic rings. The number of hydrogen-bond acceptors (Lipinski definition) is 19. The van der Waals surface area contributed by atoms with E-state index in [2.05, 4.69) is 13.8 Å². The van der Waals surface area contributed by atoms with E-state index in [1.54, 1.807) is 19.9 Å². The van der Waals surface area contributed by atoms with Crippen molar-refractivity contribution < 1.29 is 92.7 Å². The maximum Gasteiger partial charge on any atom is 0.331 e. The van der Waals surface area contributed by atoms with Crippen LogP contribution in [0.4, 0.5) is 0 Å². The van der Waals surface area contributed by atoms with Gasteiger partial charge in [-0.1, -0.05) is 13.8 Å². The van der Waals surface area contributed by atoms with Gasteiger partial charge >= 0.3 is 11.9 Å². The van der Waals surface area contributed by atoms with Gasteiger partial charge in [0, 0.05) is 37.7 Å². The smallest absolute Gasteiger partial charge is 0.331 e. The summed E-state index contributed by atoms with van der Waals surface area (Å²) in [6.07, 6.45) is -7.65. The molecule has 5 heterocycles. The molecule has 25 atom stereocenters. The largest absolute Gasteiger partial charge is 0.459 e. The van der Waals surface area contributed by atoms with E-state index in [9.17, 15) is 45.3 Å². The fourth-order valence-corrected chi connectivity index (χ4v) is 14.6. The van der Waals surface area contributed by atoms with Crippen LogP contribution in [0.3, 0.4) is 0 Å². The lowest BCUT2D eigenvalue weighted by Gasteiger charge is -2.64. The van der Waals surface area contributed by atoms with E-state index in [1.807, 2.05) is 6.92 Å². The van der Waals surface area contributed by atoms with E-state index in [-0.39, 0.29) is 54.0 Å². The number of ether oxygens (including phenoxy) is 10. The van der Waals surface area contributed by atoms with Gasteiger partial charge in [0.2, 0.25) is 0 Å². The summed E-state index contributed by atoms with van der Waals surface area (Å²) in [6.45, 7) is 10.8. The fourth-order valence-electron chi connectivity index (χ4n) is 14.6. The van der Waals surface area contributed by atoms with E-state index < -0.39 is 123 Å². The third-order valence-corrected chi connectivity index (χ3v) is 18.3. The molecule has 4 saturated carbocycles. The fraction of sp³-hybridized carbons (Fsp3) is 0.918. The molecule has 0 bridgehead atoms. The number of fused-ring (bicyclic) bond motifs is 5. The highest BCUT2D eigenvalue weighted by Crippen LogP contribution is 2.70. The highest BCUT2D eigenvalue weighted by Gasteiger charge is 2.68. The Morgan fingerprint density at radius 1 is 0.706 bits per heavy atom. The second-order valence-corrected chi connectivity index (χ2v) is 22.1. The molecule has 8 unspecified atom stereocenters. The van der Waals surface area contributed by atoms with Gasteiger partial charge in [-0.15, -0.1) is 0 Å². The topological polar surface area (TPSA) is 268 Å². The van der Waals surface area contributed by atoms with Crippen LogP contribution >= 0.6 is 0 Å². The monoisotopic (exact) mass is 968 g/mol. The molecule has 0 amide bonds. The Hall–Kier alpha value is -1.92. The summed E-state index contributed by atoms with van der Waals surface area (Å²) >= 11 is 0. The molecule has 9 rings (SSSR count). The molecule has 8 fully saturated rings. The summed E-state index contributed by atoms with van der Waals surface area (Å²) in [5.41, 5.74) is 0.0925. The lowest BCUT2D eigenvalue weighted by molar-refractivity contribution is -0.355. The standard InChI is InChI=1S/C49H76O19/c1-22-43(66-38-18-33(53)44(23(2)61-38)67-39-19-34(63-25(4)51)45(24(3)62-39)68-46-42(57)41(56)40(55)35(20-50)65-46)32(52)17-37(60-22)64-28-9-12-47(5)27(16-28)7-8-31-30(47)10-13-48(6)29(11-14-49(31,48)58)26-15-36(54)59-21-26/h15,22-24,27-35,37-46,50,52-53,55-58H,7-14,16-21H2,1-6H3/t22-,23-,24-,27+,28+,29-,30?,31-,32+,33+,34+,35-,37+,38?,39?,40-,41+,42?,43?,44?,45?,46?,47+,48-,49+/m1/s1. The second-order valence-electron chi connectivity index (χ2n) is 22.1. The number of carbonyl (C=O) groups is 2. The van der Waals surface area contributed by atoms with E-state index in [1.165, 1.54) is 6.92 Å². The Labute approximate surface area is 398 Å². The normalized spacial score (nSPS) is 52.8. The molecule has 0 aromatic carbocycles. The first-order valence-electron chi connectivity index (χ1n) is 25.2. The minimum atomic E-state index is -1.68. The number of rotatable bonds is 11. The predicted molar refractivity (Wildman–Crippen MR) is 233 cm³/mol. The summed E-state index contributed by atoms with van der Waals surface area (Å²) in [7, 11) is 0. The van der Waals surface area contributed by atoms with Crippen LogP contribution in [0, 0.1) is 34.5 Å². The Balaban J connectivity index is 0.746. The molecule has 386 valence electrons. The molecule has 9 aliphatic rings. The minimum absolute atomic E-state index is 0.0126. The third kappa shape index (κ3) is 9.36. The first-order valence-corrected chi connectivity index (χ1v) is 25.2. The van der Waals surface area contributed by atoms with Gasteiger partial charge in [0.1, 0.15) is 55.4 Å². The lowest BCUT2D eigenvalue weighted by Crippen LogP contribution is -2.62. The van der Waals surface area contributed by atoms with Crippen molar-refractivity contribution in [3.63, 3.8) is 0 Å². The molecule has 19 nitrogen and oxygen atoms in total. The van der Waals surface area contributed by atoms with Crippen molar-refractivity contribution in [3.05, 3.63) is 11.6 Å². The highest BCUT2D eigenvalue weighted by atomic mass is 16.8. The Kier molecular flexibility index (Phi) is 14.9. The number of aliphatic hydroxyl groups is 7. The Morgan fingerprint density at radius 3 is 1.94 bits per heavy atom. The minimum Gasteiger partial charge on any atom is -0.459 e. The summed E-state index contributed by atoms with van der Waals surface area (Å²) < 4.78 is 60.2. The number of aliphatic hydroxyl groups excluding tert-OH is 6. The summed E-state index contributed by atoms with van der Waals surface area (Å²) in [4.78, 5) is 24.2. The molecule has 7 N–H and O–H groups in total. The summed E-state index contributed by atoms with van der Waals surface area (Å²) in [6, 6.07) is 0. The van der Waals surface area contributed by atoms with Crippen LogP contribution in [0.5, 0.6) is 0 Å². The zero-order valence-corrected chi connectivity index (χ0v) is 40.2. The van der Waals surface area contributed by atoms with Crippen molar-refractivity contribution in [2.45, 2.75) is 235 Å². The van der Waals surface area contributed by atoms with Crippen molar-refractivity contribution >= 4 is 11.9 Å². The molecule has 4 saturated heterocycles. The van der Waals surface area contributed by atoms with Crippen LogP contribution < -0.4 is 0 Å². The number of hydrogen-bond donors (Lipinski definition) is 7. The number of carbonyl (C=O) groups excluding carboxylic acids is 2.